The van der Waals surface area contributed by atoms with Crippen molar-refractivity contribution in [2.75, 3.05) is 26.0 Å². The summed E-state index contributed by atoms with van der Waals surface area (Å²) >= 11 is 6.01. The standard InChI is InChI=1S/C17H20ClN3O5S/c1-11-13(18)6-5-7-14(11)19-16(22)10-21(3)27(24,25)12-8-15(17(23)26-4)20(2)9-12/h5-9H,10H2,1-4H3,(H,19,22). The molecule has 0 aliphatic carbocycles. The van der Waals surface area contributed by atoms with E-state index in [1.165, 1.54) is 38.0 Å². The van der Waals surface area contributed by atoms with E-state index in [2.05, 4.69) is 10.1 Å². The molecule has 0 saturated carbocycles. The number of hydrogen-bond acceptors (Lipinski definition) is 5. The van der Waals surface area contributed by atoms with Crippen LogP contribution < -0.4 is 5.32 Å². The Hall–Kier alpha value is -2.36. The smallest absolute Gasteiger partial charge is 0.354 e. The first-order valence-corrected chi connectivity index (χ1v) is 9.65. The SMILES string of the molecule is COC(=O)c1cc(S(=O)(=O)N(C)CC(=O)Nc2cccc(Cl)c2C)cn1C. The number of esters is 1. The third-order valence-corrected chi connectivity index (χ3v) is 6.17. The number of carbonyl (C=O) groups is 2. The van der Waals surface area contributed by atoms with Gasteiger partial charge in [0.15, 0.2) is 0 Å². The Bertz CT molecular complexity index is 984. The van der Waals surface area contributed by atoms with Gasteiger partial charge in [0.25, 0.3) is 0 Å². The van der Waals surface area contributed by atoms with Gasteiger partial charge in [-0.3, -0.25) is 4.79 Å². The van der Waals surface area contributed by atoms with E-state index in [9.17, 15) is 18.0 Å². The fourth-order valence-electron chi connectivity index (χ4n) is 2.38. The third kappa shape index (κ3) is 4.49. The van der Waals surface area contributed by atoms with Crippen LogP contribution in [-0.4, -0.2) is 49.9 Å². The van der Waals surface area contributed by atoms with Crippen LogP contribution >= 0.6 is 11.6 Å². The van der Waals surface area contributed by atoms with E-state index >= 15 is 0 Å². The van der Waals surface area contributed by atoms with Gasteiger partial charge in [0, 0.05) is 31.0 Å². The highest BCUT2D eigenvalue weighted by Gasteiger charge is 2.26. The summed E-state index contributed by atoms with van der Waals surface area (Å²) in [6.45, 7) is 1.34. The minimum atomic E-state index is -3.97. The first-order chi connectivity index (χ1) is 12.6. The van der Waals surface area contributed by atoms with Gasteiger partial charge in [-0.1, -0.05) is 17.7 Å². The van der Waals surface area contributed by atoms with Gasteiger partial charge in [0.05, 0.1) is 13.7 Å². The van der Waals surface area contributed by atoms with Crippen molar-refractivity contribution in [1.29, 1.82) is 0 Å². The number of aryl methyl sites for hydroxylation is 1. The van der Waals surface area contributed by atoms with Gasteiger partial charge in [-0.2, -0.15) is 4.31 Å². The number of likely N-dealkylation sites (N-methyl/N-ethyl adjacent to an activating group) is 1. The molecule has 0 aliphatic heterocycles. The number of halogens is 1. The highest BCUT2D eigenvalue weighted by Crippen LogP contribution is 2.23. The molecular weight excluding hydrogens is 394 g/mol. The maximum Gasteiger partial charge on any atom is 0.354 e. The number of nitrogens with one attached hydrogen (secondary N) is 1. The Morgan fingerprint density at radius 1 is 1.33 bits per heavy atom. The van der Waals surface area contributed by atoms with Crippen molar-refractivity contribution in [2.24, 2.45) is 7.05 Å². The molecule has 1 aromatic carbocycles. The number of rotatable bonds is 6. The summed E-state index contributed by atoms with van der Waals surface area (Å²) in [5, 5.41) is 3.13. The summed E-state index contributed by atoms with van der Waals surface area (Å²) in [7, 11) is 0.0459. The van der Waals surface area contributed by atoms with Crippen LogP contribution in [0.5, 0.6) is 0 Å². The van der Waals surface area contributed by atoms with Crippen LogP contribution in [0.4, 0.5) is 5.69 Å². The number of anilines is 1. The van der Waals surface area contributed by atoms with Crippen molar-refractivity contribution >= 4 is 39.2 Å². The van der Waals surface area contributed by atoms with Crippen molar-refractivity contribution < 1.29 is 22.7 Å². The molecule has 0 aliphatic rings. The highest BCUT2D eigenvalue weighted by atomic mass is 35.5. The predicted molar refractivity (Wildman–Crippen MR) is 101 cm³/mol. The van der Waals surface area contributed by atoms with Crippen LogP contribution in [0.1, 0.15) is 16.1 Å². The maximum absolute atomic E-state index is 12.7. The van der Waals surface area contributed by atoms with Crippen LogP contribution in [-0.2, 0) is 26.6 Å². The summed E-state index contributed by atoms with van der Waals surface area (Å²) in [6.07, 6.45) is 1.29. The number of nitrogens with zero attached hydrogens (tertiary/aromatic N) is 2. The van der Waals surface area contributed by atoms with Gasteiger partial charge in [-0.05, 0) is 30.7 Å². The van der Waals surface area contributed by atoms with Gasteiger partial charge in [-0.25, -0.2) is 13.2 Å². The lowest BCUT2D eigenvalue weighted by Crippen LogP contribution is -2.35. The first kappa shape index (κ1) is 20.9. The lowest BCUT2D eigenvalue weighted by molar-refractivity contribution is -0.116. The van der Waals surface area contributed by atoms with Crippen LogP contribution in [0.15, 0.2) is 35.4 Å². The normalized spacial score (nSPS) is 11.5. The molecule has 0 unspecified atom stereocenters. The number of carbonyl (C=O) groups excluding carboxylic acids is 2. The summed E-state index contributed by atoms with van der Waals surface area (Å²) in [4.78, 5) is 23.8. The number of methoxy groups -OCH3 is 1. The number of aromatic nitrogens is 1. The second kappa shape index (κ2) is 8.12. The first-order valence-electron chi connectivity index (χ1n) is 7.84. The molecule has 146 valence electrons. The van der Waals surface area contributed by atoms with E-state index in [1.54, 1.807) is 25.1 Å². The molecule has 0 bridgehead atoms. The van der Waals surface area contributed by atoms with Gasteiger partial charge in [0.2, 0.25) is 15.9 Å². The molecule has 0 atom stereocenters. The van der Waals surface area contributed by atoms with Gasteiger partial charge in [-0.15, -0.1) is 0 Å². The Morgan fingerprint density at radius 3 is 2.63 bits per heavy atom. The second-order valence-corrected chi connectivity index (χ2v) is 8.34. The number of hydrogen-bond donors (Lipinski definition) is 1. The molecule has 1 N–H and O–H groups in total. The fourth-order valence-corrected chi connectivity index (χ4v) is 3.76. The fraction of sp³-hybridized carbons (Fsp3) is 0.294. The Morgan fingerprint density at radius 2 is 2.00 bits per heavy atom. The zero-order chi connectivity index (χ0) is 20.4. The molecule has 1 heterocycles. The lowest BCUT2D eigenvalue weighted by Gasteiger charge is -2.16. The molecule has 8 nitrogen and oxygen atoms in total. The Balaban J connectivity index is 2.16. The van der Waals surface area contributed by atoms with Gasteiger partial charge in [0.1, 0.15) is 10.6 Å². The molecule has 0 spiro atoms. The summed E-state index contributed by atoms with van der Waals surface area (Å²) in [5.41, 5.74) is 1.28. The molecule has 0 radical (unpaired) electrons. The zero-order valence-electron chi connectivity index (χ0n) is 15.3. The van der Waals surface area contributed by atoms with Crippen LogP contribution in [0.25, 0.3) is 0 Å². The van der Waals surface area contributed by atoms with Crippen molar-refractivity contribution in [2.45, 2.75) is 11.8 Å². The van der Waals surface area contributed by atoms with Crippen molar-refractivity contribution in [3.8, 4) is 0 Å². The Kier molecular flexibility index (Phi) is 6.30. The monoisotopic (exact) mass is 413 g/mol. The minimum Gasteiger partial charge on any atom is -0.464 e. The largest absolute Gasteiger partial charge is 0.464 e. The Labute approximate surface area is 162 Å². The van der Waals surface area contributed by atoms with Gasteiger partial charge < -0.3 is 14.6 Å². The van der Waals surface area contributed by atoms with Crippen molar-refractivity contribution in [3.63, 3.8) is 0 Å². The molecule has 2 rings (SSSR count). The highest BCUT2D eigenvalue weighted by molar-refractivity contribution is 7.89. The molecule has 10 heteroatoms. The molecule has 1 amide bonds. The summed E-state index contributed by atoms with van der Waals surface area (Å²) in [5.74, 6) is -1.17. The summed E-state index contributed by atoms with van der Waals surface area (Å²) < 4.78 is 32.2. The molecule has 1 aromatic heterocycles. The number of ether oxygens (including phenoxy) is 1. The van der Waals surface area contributed by atoms with Crippen molar-refractivity contribution in [3.05, 3.63) is 46.7 Å². The van der Waals surface area contributed by atoms with E-state index in [4.69, 9.17) is 11.6 Å². The van der Waals surface area contributed by atoms with Crippen LogP contribution in [0.3, 0.4) is 0 Å². The van der Waals surface area contributed by atoms with E-state index < -0.39 is 28.4 Å². The average molecular weight is 414 g/mol. The second-order valence-electron chi connectivity index (χ2n) is 5.89. The number of sulfonamides is 1. The van der Waals surface area contributed by atoms with E-state index in [-0.39, 0.29) is 10.6 Å². The third-order valence-electron chi connectivity index (χ3n) is 3.99. The molecular formula is C17H20ClN3O5S. The summed E-state index contributed by atoms with van der Waals surface area (Å²) in [6, 6.07) is 6.26. The molecule has 2 aromatic rings. The van der Waals surface area contributed by atoms with Crippen LogP contribution in [0, 0.1) is 6.92 Å². The quantitative estimate of drug-likeness (QED) is 0.731. The molecule has 27 heavy (non-hydrogen) atoms. The van der Waals surface area contributed by atoms with Crippen LogP contribution in [0.2, 0.25) is 5.02 Å². The zero-order valence-corrected chi connectivity index (χ0v) is 16.9. The number of amides is 1. The maximum atomic E-state index is 12.7. The van der Waals surface area contributed by atoms with E-state index in [1.807, 2.05) is 0 Å². The van der Waals surface area contributed by atoms with Crippen molar-refractivity contribution in [1.82, 2.24) is 8.87 Å². The van der Waals surface area contributed by atoms with E-state index in [0.717, 1.165) is 4.31 Å². The van der Waals surface area contributed by atoms with E-state index in [0.29, 0.717) is 16.3 Å². The average Bonchev–Trinajstić information content (AvgIpc) is 3.00. The topological polar surface area (TPSA) is 97.7 Å². The molecule has 0 fully saturated rings. The minimum absolute atomic E-state index is 0.0866. The molecule has 0 saturated heterocycles. The number of benzene rings is 1. The van der Waals surface area contributed by atoms with Gasteiger partial charge >= 0.3 is 5.97 Å². The predicted octanol–water partition coefficient (Wildman–Crippen LogP) is 2.03. The lowest BCUT2D eigenvalue weighted by atomic mass is 10.2.